The number of Topliss-reactive ketones (excluding diaryl/α,β-unsaturated/α-hetero) is 1. The molecular formula is C27H32O14. The smallest absolute Gasteiger partial charge is 0.229 e. The largest absolute Gasteiger partial charge is 0.508 e. The fraction of sp³-hybridized carbons (Fsp3) is 0.519. The molecule has 0 bridgehead atoms. The topological polar surface area (TPSA) is 225 Å². The Kier molecular flexibility index (Phi) is 8.39. The molecule has 41 heavy (non-hydrogen) atoms. The first-order valence-electron chi connectivity index (χ1n) is 13.0. The van der Waals surface area contributed by atoms with Crippen LogP contribution in [0.1, 0.15) is 35.4 Å². The minimum atomic E-state index is -1.78. The Morgan fingerprint density at radius 1 is 0.854 bits per heavy atom. The van der Waals surface area contributed by atoms with Crippen molar-refractivity contribution in [1.82, 2.24) is 0 Å². The van der Waals surface area contributed by atoms with Crippen molar-refractivity contribution < 1.29 is 69.3 Å². The van der Waals surface area contributed by atoms with Crippen molar-refractivity contribution in [1.29, 1.82) is 0 Å². The molecule has 0 saturated carbocycles. The standard InChI is InChI=1S/C27H32O14/c1-10-20(32)22(34)24(36)26(37-10)41-25-23(35)21(33)18(9-28)40-27(25)39-17-7-13(30)6-16-19(17)14(31)8-15(38-16)11-2-4-12(29)5-3-11/h2-7,10,15,18,20-30,32-36H,8-9H2,1H3/t10-,15?,18+,20-,21+,22+,23-,24+,25+,26-,27+/m0/s1. The summed E-state index contributed by atoms with van der Waals surface area (Å²) >= 11 is 0. The number of phenols is 2. The number of aliphatic hydroxyl groups is 6. The lowest BCUT2D eigenvalue weighted by atomic mass is 9.95. The van der Waals surface area contributed by atoms with Crippen molar-refractivity contribution in [3.8, 4) is 23.0 Å². The SMILES string of the molecule is C[C@@H]1O[C@@H](O[C@H]2[C@H](Oc3cc(O)cc4c3C(=O)CC(c3ccc(O)cc3)O4)O[C@H](CO)[C@@H](O)[C@@H]2O)[C@H](O)[C@H](O)[C@H]1O. The van der Waals surface area contributed by atoms with Crippen molar-refractivity contribution in [3.63, 3.8) is 0 Å². The highest BCUT2D eigenvalue weighted by molar-refractivity contribution is 6.02. The number of phenolic OH excluding ortho intramolecular Hbond substituents is 2. The molecule has 0 amide bonds. The zero-order valence-corrected chi connectivity index (χ0v) is 21.8. The molecule has 3 heterocycles. The van der Waals surface area contributed by atoms with Gasteiger partial charge in [0.05, 0.1) is 19.1 Å². The Bertz CT molecular complexity index is 1240. The summed E-state index contributed by atoms with van der Waals surface area (Å²) in [5, 5.41) is 81.6. The number of aromatic hydroxyl groups is 2. The summed E-state index contributed by atoms with van der Waals surface area (Å²) in [6.45, 7) is 0.689. The van der Waals surface area contributed by atoms with E-state index >= 15 is 0 Å². The van der Waals surface area contributed by atoms with Crippen LogP contribution < -0.4 is 9.47 Å². The molecule has 2 aromatic carbocycles. The van der Waals surface area contributed by atoms with E-state index in [0.29, 0.717) is 5.56 Å². The van der Waals surface area contributed by atoms with Gasteiger partial charge in [-0.2, -0.15) is 0 Å². The molecule has 14 nitrogen and oxygen atoms in total. The highest BCUT2D eigenvalue weighted by atomic mass is 16.8. The maximum Gasteiger partial charge on any atom is 0.229 e. The van der Waals surface area contributed by atoms with Crippen LogP contribution in [0, 0.1) is 0 Å². The van der Waals surface area contributed by atoms with Crippen LogP contribution >= 0.6 is 0 Å². The van der Waals surface area contributed by atoms with Crippen LogP contribution in [0.5, 0.6) is 23.0 Å². The third-order valence-corrected chi connectivity index (χ3v) is 7.40. The Labute approximate surface area is 233 Å². The first-order valence-corrected chi connectivity index (χ1v) is 13.0. The van der Waals surface area contributed by atoms with E-state index in [0.717, 1.165) is 6.07 Å². The zero-order valence-electron chi connectivity index (χ0n) is 21.8. The zero-order chi connectivity index (χ0) is 29.6. The molecular weight excluding hydrogens is 548 g/mol. The predicted octanol–water partition coefficient (Wildman–Crippen LogP) is -1.17. The maximum absolute atomic E-state index is 13.3. The van der Waals surface area contributed by atoms with Gasteiger partial charge < -0.3 is 64.5 Å². The molecule has 5 rings (SSSR count). The molecule has 8 N–H and O–H groups in total. The second kappa shape index (κ2) is 11.7. The number of hydrogen-bond donors (Lipinski definition) is 8. The van der Waals surface area contributed by atoms with Crippen molar-refractivity contribution in [3.05, 3.63) is 47.5 Å². The number of hydrogen-bond acceptors (Lipinski definition) is 14. The van der Waals surface area contributed by atoms with Gasteiger partial charge >= 0.3 is 0 Å². The summed E-state index contributed by atoms with van der Waals surface area (Å²) < 4.78 is 28.6. The minimum Gasteiger partial charge on any atom is -0.508 e. The summed E-state index contributed by atoms with van der Waals surface area (Å²) in [7, 11) is 0. The van der Waals surface area contributed by atoms with Gasteiger partial charge in [-0.05, 0) is 24.6 Å². The summed E-state index contributed by atoms with van der Waals surface area (Å²) in [5.41, 5.74) is 0.551. The second-order valence-corrected chi connectivity index (χ2v) is 10.2. The van der Waals surface area contributed by atoms with Gasteiger partial charge in [-0.3, -0.25) is 4.79 Å². The molecule has 1 unspecified atom stereocenters. The van der Waals surface area contributed by atoms with Gasteiger partial charge in [0.25, 0.3) is 0 Å². The Morgan fingerprint density at radius 2 is 1.56 bits per heavy atom. The molecule has 3 aliphatic rings. The fourth-order valence-electron chi connectivity index (χ4n) is 5.08. The molecule has 14 heteroatoms. The van der Waals surface area contributed by atoms with E-state index in [1.165, 1.54) is 25.1 Å². The van der Waals surface area contributed by atoms with E-state index in [2.05, 4.69) is 0 Å². The van der Waals surface area contributed by atoms with Crippen LogP contribution in [-0.2, 0) is 14.2 Å². The molecule has 0 aliphatic carbocycles. The maximum atomic E-state index is 13.3. The van der Waals surface area contributed by atoms with Crippen LogP contribution in [0.25, 0.3) is 0 Å². The van der Waals surface area contributed by atoms with E-state index in [9.17, 15) is 45.6 Å². The summed E-state index contributed by atoms with van der Waals surface area (Å²) in [6, 6.07) is 8.41. The molecule has 2 fully saturated rings. The average Bonchev–Trinajstić information content (AvgIpc) is 2.94. The van der Waals surface area contributed by atoms with Gasteiger partial charge in [0.15, 0.2) is 18.2 Å². The third kappa shape index (κ3) is 5.70. The summed E-state index contributed by atoms with van der Waals surface area (Å²) in [6.07, 6.45) is -16.3. The summed E-state index contributed by atoms with van der Waals surface area (Å²) in [4.78, 5) is 13.3. The molecule has 0 spiro atoms. The lowest BCUT2D eigenvalue weighted by Crippen LogP contribution is -2.64. The number of benzene rings is 2. The number of fused-ring (bicyclic) bond motifs is 1. The monoisotopic (exact) mass is 580 g/mol. The molecule has 224 valence electrons. The molecule has 0 radical (unpaired) electrons. The Morgan fingerprint density at radius 3 is 2.24 bits per heavy atom. The first-order chi connectivity index (χ1) is 19.5. The Balaban J connectivity index is 1.44. The molecule has 0 aromatic heterocycles. The average molecular weight is 581 g/mol. The lowest BCUT2D eigenvalue weighted by Gasteiger charge is -2.45. The van der Waals surface area contributed by atoms with Crippen molar-refractivity contribution in [2.75, 3.05) is 6.61 Å². The van der Waals surface area contributed by atoms with E-state index in [1.807, 2.05) is 0 Å². The quantitative estimate of drug-likeness (QED) is 0.202. The molecule has 11 atom stereocenters. The van der Waals surface area contributed by atoms with Crippen LogP contribution in [0.4, 0.5) is 0 Å². The van der Waals surface area contributed by atoms with Crippen molar-refractivity contribution in [2.24, 2.45) is 0 Å². The fourth-order valence-corrected chi connectivity index (χ4v) is 5.08. The highest BCUT2D eigenvalue weighted by Crippen LogP contribution is 2.43. The first kappa shape index (κ1) is 29.4. The number of aliphatic hydroxyl groups excluding tert-OH is 6. The second-order valence-electron chi connectivity index (χ2n) is 10.2. The van der Waals surface area contributed by atoms with Crippen molar-refractivity contribution in [2.45, 2.75) is 80.9 Å². The highest BCUT2D eigenvalue weighted by Gasteiger charge is 2.51. The summed E-state index contributed by atoms with van der Waals surface area (Å²) in [5.74, 6) is -0.971. The number of ether oxygens (including phenoxy) is 5. The molecule has 2 aromatic rings. The van der Waals surface area contributed by atoms with Crippen LogP contribution in [0.15, 0.2) is 36.4 Å². The van der Waals surface area contributed by atoms with Gasteiger partial charge in [-0.1, -0.05) is 12.1 Å². The minimum absolute atomic E-state index is 0.0149. The molecule has 3 aliphatic heterocycles. The van der Waals surface area contributed by atoms with E-state index in [1.54, 1.807) is 12.1 Å². The normalized spacial score (nSPS) is 37.2. The van der Waals surface area contributed by atoms with E-state index in [4.69, 9.17) is 23.7 Å². The number of carbonyl (C=O) groups excluding carboxylic acids is 1. The van der Waals surface area contributed by atoms with Gasteiger partial charge in [0.2, 0.25) is 6.29 Å². The number of carbonyl (C=O) groups is 1. The van der Waals surface area contributed by atoms with Crippen LogP contribution in [-0.4, -0.2) is 115 Å². The number of rotatable bonds is 6. The van der Waals surface area contributed by atoms with Crippen molar-refractivity contribution >= 4 is 5.78 Å². The predicted molar refractivity (Wildman–Crippen MR) is 134 cm³/mol. The van der Waals surface area contributed by atoms with Gasteiger partial charge in [0, 0.05) is 12.1 Å². The van der Waals surface area contributed by atoms with Gasteiger partial charge in [-0.25, -0.2) is 0 Å². The van der Waals surface area contributed by atoms with Gasteiger partial charge in [-0.15, -0.1) is 0 Å². The van der Waals surface area contributed by atoms with Crippen LogP contribution in [0.2, 0.25) is 0 Å². The van der Waals surface area contributed by atoms with E-state index < -0.39 is 79.9 Å². The van der Waals surface area contributed by atoms with E-state index in [-0.39, 0.29) is 35.0 Å². The van der Waals surface area contributed by atoms with Gasteiger partial charge in [0.1, 0.15) is 71.3 Å². The Hall–Kier alpha value is -3.05. The molecule has 2 saturated heterocycles. The third-order valence-electron chi connectivity index (χ3n) is 7.40. The number of ketones is 1. The lowest BCUT2D eigenvalue weighted by molar-refractivity contribution is -0.354. The van der Waals surface area contributed by atoms with Crippen LogP contribution in [0.3, 0.4) is 0 Å².